The van der Waals surface area contributed by atoms with Crippen molar-refractivity contribution in [3.05, 3.63) is 0 Å². The molecule has 3 aliphatic heterocycles. The number of aliphatic hydroxyl groups excluding tert-OH is 6. The number of unbranched alkanes of at least 4 members (excludes halogenated alkanes) is 9. The van der Waals surface area contributed by atoms with Crippen molar-refractivity contribution in [1.82, 2.24) is 42.5 Å². The highest BCUT2D eigenvalue weighted by molar-refractivity contribution is 5.84. The van der Waals surface area contributed by atoms with Crippen LogP contribution in [-0.4, -0.2) is 300 Å². The van der Waals surface area contributed by atoms with Crippen LogP contribution < -0.4 is 59.7 Å². The normalized spacial score (nSPS) is 24.0. The highest BCUT2D eigenvalue weighted by Crippen LogP contribution is 2.28. The van der Waals surface area contributed by atoms with Gasteiger partial charge in [0.1, 0.15) is 74.8 Å². The number of nitrogens with one attached hydrogen (secondary N) is 8. The summed E-state index contributed by atoms with van der Waals surface area (Å²) in [6, 6.07) is -3.21. The van der Waals surface area contributed by atoms with Gasteiger partial charge < -0.3 is 147 Å². The molecule has 0 aromatic rings. The van der Waals surface area contributed by atoms with Gasteiger partial charge in [-0.1, -0.05) is 38.5 Å². The van der Waals surface area contributed by atoms with Crippen LogP contribution in [0.1, 0.15) is 188 Å². The number of aliphatic hydroxyl groups is 6. The second-order valence-electron chi connectivity index (χ2n) is 27.9. The van der Waals surface area contributed by atoms with E-state index in [-0.39, 0.29) is 154 Å². The zero-order chi connectivity index (χ0) is 82.6. The van der Waals surface area contributed by atoms with Gasteiger partial charge in [0, 0.05) is 105 Å². The Morgan fingerprint density at radius 3 is 0.857 bits per heavy atom. The second kappa shape index (κ2) is 57.9. The zero-order valence-electron chi connectivity index (χ0n) is 65.5. The van der Waals surface area contributed by atoms with Gasteiger partial charge in [-0.3, -0.25) is 38.4 Å². The van der Waals surface area contributed by atoms with Crippen molar-refractivity contribution in [2.75, 3.05) is 106 Å². The maximum atomic E-state index is 13.6. The molecule has 0 aliphatic carbocycles. The molecule has 0 bridgehead atoms. The molecule has 40 heteroatoms. The van der Waals surface area contributed by atoms with E-state index in [0.29, 0.717) is 97.1 Å². The first kappa shape index (κ1) is 99.2. The van der Waals surface area contributed by atoms with Crippen LogP contribution in [0, 0.1) is 0 Å². The van der Waals surface area contributed by atoms with E-state index in [0.717, 1.165) is 38.5 Å². The molecule has 0 radical (unpaired) electrons. The van der Waals surface area contributed by atoms with Gasteiger partial charge in [0.2, 0.25) is 29.5 Å². The molecular formula is C72H129N11O29. The number of ether oxygens (including phenoxy) is 12. The molecule has 15 unspecified atom stereocenters. The predicted octanol–water partition coefficient (Wildman–Crippen LogP) is -1.68. The molecule has 646 valence electrons. The Morgan fingerprint density at radius 1 is 0.321 bits per heavy atom. The highest BCUT2D eigenvalue weighted by Gasteiger charge is 2.46. The van der Waals surface area contributed by atoms with Crippen LogP contribution in [0.15, 0.2) is 0 Å². The number of hydrogen-bond donors (Lipinski definition) is 17. The number of esters is 3. The Labute approximate surface area is 654 Å². The number of carbonyl (C=O) groups excluding carboxylic acids is 11. The van der Waals surface area contributed by atoms with Crippen LogP contribution >= 0.6 is 0 Å². The molecule has 8 amide bonds. The summed E-state index contributed by atoms with van der Waals surface area (Å²) in [6.07, 6.45) is -5.46. The van der Waals surface area contributed by atoms with E-state index in [4.69, 9.17) is 74.0 Å². The third-order valence-corrected chi connectivity index (χ3v) is 18.5. The van der Waals surface area contributed by atoms with Gasteiger partial charge in [-0.05, 0) is 96.3 Å². The summed E-state index contributed by atoms with van der Waals surface area (Å²) in [5, 5.41) is 84.1. The van der Waals surface area contributed by atoms with Crippen molar-refractivity contribution < 1.29 is 140 Å². The molecule has 3 saturated heterocycles. The third kappa shape index (κ3) is 42.9. The fourth-order valence-corrected chi connectivity index (χ4v) is 12.1. The monoisotopic (exact) mass is 1610 g/mol. The SMILES string of the molecule is CNC(=O)CCC(=O)NC(CCCOC(=O)NCCCCCCNC(=O)CCCOC1OC(COC(C)=O)C(O)C(O)C1N)(CCCOC(=O)NCCCCCCNC(=O)CCCOC1OC(COC(C)=O)C(O)C(O)C1N)CCCOC(=O)NCCCCCCNC(=O)CCCOC1OC(COC(C)=O)C(O)C(O)C1N. The van der Waals surface area contributed by atoms with Gasteiger partial charge in [-0.25, -0.2) is 14.4 Å². The molecule has 40 nitrogen and oxygen atoms in total. The van der Waals surface area contributed by atoms with Crippen molar-refractivity contribution in [3.8, 4) is 0 Å². The standard InChI is InChI=1S/C72H129N11O29/c1-46(84)107-43-49-60(92)63(95)57(73)66(110-49)101-37-17-23-53(88)77-31-11-5-8-14-34-80-69(98)104-40-20-28-72(83-56(91)27-26-52(87)76-4,29-21-41-105-70(99)81-35-15-9-6-12-32-78-54(89)24-18-38-102-67-58(74)64(96)61(93)50(111-67)44-108-47(2)85)30-22-42-106-71(100)82-36-16-10-7-13-33-79-55(90)25-19-39-103-68-59(75)65(97)62(94)51(112-68)45-109-48(3)86/h49-51,57-68,92-97H,5-45,73-75H2,1-4H3,(H,76,87)(H,77,88)(H,78,89)(H,79,90)(H,80,98)(H,81,99)(H,82,100)(H,83,91). The first-order valence-corrected chi connectivity index (χ1v) is 39.2. The van der Waals surface area contributed by atoms with Crippen molar-refractivity contribution in [3.63, 3.8) is 0 Å². The molecule has 0 saturated carbocycles. The molecular weight excluding hydrogens is 1480 g/mol. The molecule has 112 heavy (non-hydrogen) atoms. The van der Waals surface area contributed by atoms with Gasteiger partial charge in [0.15, 0.2) is 18.9 Å². The van der Waals surface area contributed by atoms with Crippen molar-refractivity contribution in [2.45, 2.75) is 285 Å². The lowest BCUT2D eigenvalue weighted by atomic mass is 9.83. The number of rotatable bonds is 58. The first-order valence-electron chi connectivity index (χ1n) is 39.2. The molecule has 20 N–H and O–H groups in total. The summed E-state index contributed by atoms with van der Waals surface area (Å²) in [5.74, 6) is -3.14. The number of carbonyl (C=O) groups is 11. The molecule has 3 heterocycles. The first-order chi connectivity index (χ1) is 53.6. The van der Waals surface area contributed by atoms with Crippen LogP contribution in [0.2, 0.25) is 0 Å². The van der Waals surface area contributed by atoms with E-state index in [9.17, 15) is 83.4 Å². The quantitative estimate of drug-likeness (QED) is 0.0184. The van der Waals surface area contributed by atoms with Gasteiger partial charge in [0.25, 0.3) is 0 Å². The van der Waals surface area contributed by atoms with Gasteiger partial charge in [0.05, 0.1) is 57.8 Å². The maximum absolute atomic E-state index is 13.6. The minimum absolute atomic E-state index is 0.0366. The van der Waals surface area contributed by atoms with Gasteiger partial charge >= 0.3 is 36.2 Å². The molecule has 3 fully saturated rings. The summed E-state index contributed by atoms with van der Waals surface area (Å²) in [4.78, 5) is 135. The smallest absolute Gasteiger partial charge is 0.407 e. The fourth-order valence-electron chi connectivity index (χ4n) is 12.1. The Morgan fingerprint density at radius 2 is 0.589 bits per heavy atom. The molecule has 15 atom stereocenters. The molecule has 0 spiro atoms. The van der Waals surface area contributed by atoms with Crippen LogP contribution in [-0.2, 0) is 95.2 Å². The lowest BCUT2D eigenvalue weighted by Crippen LogP contribution is -2.62. The van der Waals surface area contributed by atoms with Crippen molar-refractivity contribution >= 4 is 65.7 Å². The number of amides is 8. The molecule has 0 aromatic carbocycles. The lowest BCUT2D eigenvalue weighted by molar-refractivity contribution is -0.267. The summed E-state index contributed by atoms with van der Waals surface area (Å²) >= 11 is 0. The highest BCUT2D eigenvalue weighted by atomic mass is 16.7. The van der Waals surface area contributed by atoms with Crippen molar-refractivity contribution in [2.24, 2.45) is 17.2 Å². The minimum atomic E-state index is -1.39. The van der Waals surface area contributed by atoms with E-state index >= 15 is 0 Å². The molecule has 3 aliphatic rings. The van der Waals surface area contributed by atoms with E-state index in [1.54, 1.807) is 0 Å². The van der Waals surface area contributed by atoms with Crippen LogP contribution in [0.25, 0.3) is 0 Å². The van der Waals surface area contributed by atoms with E-state index < -0.39 is 140 Å². The van der Waals surface area contributed by atoms with E-state index in [2.05, 4.69) is 42.5 Å². The van der Waals surface area contributed by atoms with E-state index in [1.165, 1.54) is 27.8 Å². The summed E-state index contributed by atoms with van der Waals surface area (Å²) in [5.41, 5.74) is 16.9. The van der Waals surface area contributed by atoms with Crippen molar-refractivity contribution in [1.29, 1.82) is 0 Å². The lowest BCUT2D eigenvalue weighted by Gasteiger charge is -2.40. The average Bonchev–Trinajstić information content (AvgIpc) is 0.832. The van der Waals surface area contributed by atoms with Crippen LogP contribution in [0.3, 0.4) is 0 Å². The summed E-state index contributed by atoms with van der Waals surface area (Å²) in [7, 11) is 1.46. The minimum Gasteiger partial charge on any atom is -0.463 e. The Kier molecular flexibility index (Phi) is 51.3. The van der Waals surface area contributed by atoms with Gasteiger partial charge in [-0.15, -0.1) is 0 Å². The summed E-state index contributed by atoms with van der Waals surface area (Å²) in [6.45, 7) is 5.02. The topological polar surface area (TPSA) is 594 Å². The predicted molar refractivity (Wildman–Crippen MR) is 396 cm³/mol. The maximum Gasteiger partial charge on any atom is 0.407 e. The number of hydrogen-bond acceptors (Lipinski definition) is 32. The molecule has 0 aromatic heterocycles. The second-order valence-corrected chi connectivity index (χ2v) is 27.9. The largest absolute Gasteiger partial charge is 0.463 e. The molecule has 3 rings (SSSR count). The Bertz CT molecular complexity index is 2500. The van der Waals surface area contributed by atoms with E-state index in [1.807, 2.05) is 0 Å². The number of alkyl carbamates (subject to hydrolysis) is 3. The summed E-state index contributed by atoms with van der Waals surface area (Å²) < 4.78 is 65.0. The fraction of sp³-hybridized carbons (Fsp3) is 0.847. The Balaban J connectivity index is 1.43. The van der Waals surface area contributed by atoms with Gasteiger partial charge in [-0.2, -0.15) is 0 Å². The Hall–Kier alpha value is -7.03. The number of nitrogens with two attached hydrogens (primary N) is 3. The van der Waals surface area contributed by atoms with Crippen LogP contribution in [0.5, 0.6) is 0 Å². The third-order valence-electron chi connectivity index (χ3n) is 18.5. The zero-order valence-corrected chi connectivity index (χ0v) is 65.5. The average molecular weight is 1610 g/mol. The van der Waals surface area contributed by atoms with Crippen LogP contribution in [0.4, 0.5) is 14.4 Å².